The molecule has 17 heteroatoms. The fraction of sp³-hybridized carbons (Fsp3) is 0.341. The predicted molar refractivity (Wildman–Crippen MR) is 242 cm³/mol. The lowest BCUT2D eigenvalue weighted by molar-refractivity contribution is -0.146. The number of aromatic hydroxyl groups is 1. The van der Waals surface area contributed by atoms with Gasteiger partial charge in [0.05, 0.1) is 32.3 Å². The van der Waals surface area contributed by atoms with Gasteiger partial charge >= 0.3 is 12.1 Å². The van der Waals surface area contributed by atoms with Gasteiger partial charge < -0.3 is 45.3 Å². The molecular formula is C44H47Br2IN4O10. The number of hydrogen-bond donors (Lipinski definition) is 5. The minimum absolute atomic E-state index is 0.0272. The number of phenols is 1. The van der Waals surface area contributed by atoms with Gasteiger partial charge in [0.25, 0.3) is 0 Å². The van der Waals surface area contributed by atoms with Crippen molar-refractivity contribution in [2.45, 2.75) is 89.4 Å². The Morgan fingerprint density at radius 1 is 0.902 bits per heavy atom. The third kappa shape index (κ3) is 13.6. The SMILES string of the molecule is COC(=O)[C@@H]1Cc2cc(Br)c(c(Br)c2)Oc2cc(cc(I)c2O)C[C@H](NC(=O)C(Cc2ccccc2)NC(=O)OC(C)(C)C)C(=O)N[C@@H]([C@@H](C)OCc2ccccc2)C(=O)N1. The first-order chi connectivity index (χ1) is 28.9. The first-order valence-electron chi connectivity index (χ1n) is 19.3. The molecule has 5 N–H and O–H groups in total. The third-order valence-electron chi connectivity index (χ3n) is 9.37. The molecule has 5 atom stereocenters. The summed E-state index contributed by atoms with van der Waals surface area (Å²) in [6.07, 6.45) is -1.97. The van der Waals surface area contributed by atoms with Crippen LogP contribution in [0.15, 0.2) is 93.9 Å². The van der Waals surface area contributed by atoms with Gasteiger partial charge in [-0.05, 0) is 129 Å². The quantitative estimate of drug-likeness (QED) is 0.0837. The van der Waals surface area contributed by atoms with Crippen molar-refractivity contribution in [3.8, 4) is 17.2 Å². The highest BCUT2D eigenvalue weighted by atomic mass is 127. The molecule has 0 radical (unpaired) electrons. The summed E-state index contributed by atoms with van der Waals surface area (Å²) in [5, 5.41) is 22.2. The molecule has 0 saturated heterocycles. The molecule has 2 aliphatic rings. The Morgan fingerprint density at radius 2 is 1.51 bits per heavy atom. The van der Waals surface area contributed by atoms with Crippen molar-refractivity contribution < 1.29 is 48.0 Å². The lowest BCUT2D eigenvalue weighted by atomic mass is 10.0. The maximum atomic E-state index is 14.7. The maximum absolute atomic E-state index is 14.7. The lowest BCUT2D eigenvalue weighted by Crippen LogP contribution is -2.61. The van der Waals surface area contributed by atoms with Crippen LogP contribution in [0.5, 0.6) is 17.2 Å². The minimum atomic E-state index is -1.40. The number of carbonyl (C=O) groups is 5. The molecule has 4 aromatic rings. The number of hydrogen-bond acceptors (Lipinski definition) is 10. The summed E-state index contributed by atoms with van der Waals surface area (Å²) in [4.78, 5) is 69.6. The lowest BCUT2D eigenvalue weighted by Gasteiger charge is -2.29. The van der Waals surface area contributed by atoms with Crippen LogP contribution in [0.25, 0.3) is 0 Å². The summed E-state index contributed by atoms with van der Waals surface area (Å²) < 4.78 is 24.3. The number of ether oxygens (including phenoxy) is 4. The molecule has 4 amide bonds. The van der Waals surface area contributed by atoms with E-state index < -0.39 is 65.7 Å². The van der Waals surface area contributed by atoms with Crippen LogP contribution in [0.1, 0.15) is 49.9 Å². The number of rotatable bonds is 10. The van der Waals surface area contributed by atoms with E-state index in [4.69, 9.17) is 18.9 Å². The molecule has 14 nitrogen and oxygen atoms in total. The zero-order chi connectivity index (χ0) is 44.4. The van der Waals surface area contributed by atoms with Crippen molar-refractivity contribution >= 4 is 84.2 Å². The van der Waals surface area contributed by atoms with Gasteiger partial charge in [0, 0.05) is 19.3 Å². The summed E-state index contributed by atoms with van der Waals surface area (Å²) in [6.45, 7) is 6.77. The average Bonchev–Trinajstić information content (AvgIpc) is 3.20. The number of phenolic OH excluding ortho intramolecular Hbond substituents is 1. The molecule has 1 unspecified atom stereocenters. The minimum Gasteiger partial charge on any atom is -0.504 e. The van der Waals surface area contributed by atoms with Crippen LogP contribution < -0.4 is 26.0 Å². The molecule has 0 aromatic heterocycles. The van der Waals surface area contributed by atoms with Gasteiger partial charge in [0.15, 0.2) is 17.2 Å². The Morgan fingerprint density at radius 3 is 2.11 bits per heavy atom. The fourth-order valence-corrected chi connectivity index (χ4v) is 8.48. The van der Waals surface area contributed by atoms with E-state index in [2.05, 4.69) is 53.1 Å². The standard InChI is InChI=1S/C44H47Br2IN4O10/c1-24(59-23-26-14-10-7-11-15-26)36-41(55)49-34(42(56)58-5)21-27-16-29(45)38(30(46)17-27)60-35-22-28(18-31(47)37(35)52)20-32(40(54)51-36)48-39(53)33(19-25-12-8-6-9-13-25)50-43(57)61-44(2,3)4/h6-18,22,24,32-34,36,52H,19-21,23H2,1-5H3,(H,48,53)(H,49,55)(H,50,57)(H,51,54)/t24-,32+,33?,34+,36+/m1/s1. The highest BCUT2D eigenvalue weighted by Crippen LogP contribution is 2.42. The topological polar surface area (TPSA) is 191 Å². The predicted octanol–water partition coefficient (Wildman–Crippen LogP) is 6.78. The second-order valence-electron chi connectivity index (χ2n) is 15.3. The molecule has 0 saturated carbocycles. The summed E-state index contributed by atoms with van der Waals surface area (Å²) in [6, 6.07) is 19.6. The Bertz CT molecular complexity index is 2200. The zero-order valence-corrected chi connectivity index (χ0v) is 39.4. The number of methoxy groups -OCH3 is 1. The Balaban J connectivity index is 1.59. The van der Waals surface area contributed by atoms with Crippen LogP contribution in [-0.2, 0) is 59.3 Å². The molecule has 324 valence electrons. The molecule has 4 aromatic carbocycles. The van der Waals surface area contributed by atoms with Crippen LogP contribution in [0.3, 0.4) is 0 Å². The van der Waals surface area contributed by atoms with E-state index >= 15 is 0 Å². The van der Waals surface area contributed by atoms with E-state index in [1.165, 1.54) is 13.2 Å². The molecule has 6 rings (SSSR count). The fourth-order valence-electron chi connectivity index (χ4n) is 6.37. The van der Waals surface area contributed by atoms with E-state index in [0.29, 0.717) is 29.4 Å². The van der Waals surface area contributed by atoms with Gasteiger partial charge in [-0.1, -0.05) is 60.7 Å². The Kier molecular flexibility index (Phi) is 16.6. The molecule has 4 bridgehead atoms. The second kappa shape index (κ2) is 21.4. The first-order valence-corrected chi connectivity index (χ1v) is 21.9. The van der Waals surface area contributed by atoms with E-state index in [9.17, 15) is 29.1 Å². The highest BCUT2D eigenvalue weighted by Gasteiger charge is 2.36. The normalized spacial score (nSPS) is 18.0. The largest absolute Gasteiger partial charge is 0.504 e. The zero-order valence-electron chi connectivity index (χ0n) is 34.1. The van der Waals surface area contributed by atoms with E-state index in [0.717, 1.165) is 11.1 Å². The number of carbonyl (C=O) groups excluding carboxylic acids is 5. The summed E-state index contributed by atoms with van der Waals surface area (Å²) >= 11 is 9.03. The number of fused-ring (bicyclic) bond motifs is 10. The second-order valence-corrected chi connectivity index (χ2v) is 18.2. The molecule has 2 heterocycles. The maximum Gasteiger partial charge on any atom is 0.408 e. The highest BCUT2D eigenvalue weighted by molar-refractivity contribution is 14.1. The molecule has 2 aliphatic heterocycles. The van der Waals surface area contributed by atoms with E-state index in [1.54, 1.807) is 70.2 Å². The first kappa shape index (κ1) is 47.3. The van der Waals surface area contributed by atoms with Gasteiger partial charge in [0.1, 0.15) is 29.8 Å². The monoisotopic (exact) mass is 1080 g/mol. The number of alkyl carbamates (subject to hydrolysis) is 1. The molecule has 0 fully saturated rings. The number of benzene rings is 4. The Labute approximate surface area is 384 Å². The number of amides is 4. The average molecular weight is 1080 g/mol. The van der Waals surface area contributed by atoms with Crippen LogP contribution in [0, 0.1) is 3.57 Å². The van der Waals surface area contributed by atoms with Gasteiger partial charge in [-0.3, -0.25) is 14.4 Å². The number of halogens is 3. The smallest absolute Gasteiger partial charge is 0.408 e. The van der Waals surface area contributed by atoms with Crippen molar-refractivity contribution in [1.82, 2.24) is 21.3 Å². The number of nitrogens with one attached hydrogen (secondary N) is 4. The molecule has 0 aliphatic carbocycles. The van der Waals surface area contributed by atoms with E-state index in [1.807, 2.05) is 59.0 Å². The Hall–Kier alpha value is -4.72. The summed E-state index contributed by atoms with van der Waals surface area (Å²) in [5.74, 6) is -2.86. The van der Waals surface area contributed by atoms with Gasteiger partial charge in [-0.25, -0.2) is 9.59 Å². The van der Waals surface area contributed by atoms with Crippen LogP contribution in [0.4, 0.5) is 4.79 Å². The van der Waals surface area contributed by atoms with Crippen LogP contribution in [-0.4, -0.2) is 77.9 Å². The third-order valence-corrected chi connectivity index (χ3v) is 11.4. The van der Waals surface area contributed by atoms with Crippen LogP contribution in [0.2, 0.25) is 0 Å². The molecule has 0 spiro atoms. The molecule has 61 heavy (non-hydrogen) atoms. The van der Waals surface area contributed by atoms with Crippen molar-refractivity contribution in [1.29, 1.82) is 0 Å². The summed E-state index contributed by atoms with van der Waals surface area (Å²) in [7, 11) is 1.20. The van der Waals surface area contributed by atoms with Gasteiger partial charge in [-0.2, -0.15) is 0 Å². The van der Waals surface area contributed by atoms with Crippen molar-refractivity contribution in [2.75, 3.05) is 7.11 Å². The van der Waals surface area contributed by atoms with Gasteiger partial charge in [0.2, 0.25) is 17.7 Å². The summed E-state index contributed by atoms with van der Waals surface area (Å²) in [5.41, 5.74) is 1.72. The van der Waals surface area contributed by atoms with Crippen molar-refractivity contribution in [3.63, 3.8) is 0 Å². The van der Waals surface area contributed by atoms with Gasteiger partial charge in [-0.15, -0.1) is 0 Å². The van der Waals surface area contributed by atoms with Crippen molar-refractivity contribution in [3.05, 3.63) is 120 Å². The number of esters is 1. The van der Waals surface area contributed by atoms with E-state index in [-0.39, 0.29) is 37.4 Å². The van der Waals surface area contributed by atoms with Crippen LogP contribution >= 0.6 is 54.5 Å². The molecular weight excluding hydrogens is 1030 g/mol. The van der Waals surface area contributed by atoms with Crippen molar-refractivity contribution in [2.24, 2.45) is 0 Å².